The second-order valence-electron chi connectivity index (χ2n) is 4.62. The molecule has 0 bridgehead atoms. The normalized spacial score (nSPS) is 30.0. The quantitative estimate of drug-likeness (QED) is 0.720. The average Bonchev–Trinajstić information content (AvgIpc) is 2.31. The Labute approximate surface area is 97.6 Å². The van der Waals surface area contributed by atoms with Gasteiger partial charge in [-0.1, -0.05) is 12.8 Å². The predicted molar refractivity (Wildman–Crippen MR) is 61.3 cm³/mol. The van der Waals surface area contributed by atoms with Crippen LogP contribution in [0.15, 0.2) is 0 Å². The maximum Gasteiger partial charge on any atom is 0.0841 e. The second kappa shape index (κ2) is 7.22. The number of aliphatic hydroxyl groups is 2. The van der Waals surface area contributed by atoms with E-state index < -0.39 is 0 Å². The lowest BCUT2D eigenvalue weighted by Crippen LogP contribution is -2.40. The van der Waals surface area contributed by atoms with Gasteiger partial charge in [0.05, 0.1) is 37.6 Å². The molecule has 4 nitrogen and oxygen atoms in total. The summed E-state index contributed by atoms with van der Waals surface area (Å²) in [6.07, 6.45) is 4.10. The Morgan fingerprint density at radius 1 is 0.938 bits per heavy atom. The molecule has 0 radical (unpaired) electrons. The van der Waals surface area contributed by atoms with Gasteiger partial charge in [0.25, 0.3) is 0 Å². The van der Waals surface area contributed by atoms with Gasteiger partial charge in [-0.3, -0.25) is 0 Å². The van der Waals surface area contributed by atoms with Crippen molar-refractivity contribution >= 4 is 0 Å². The minimum absolute atomic E-state index is 0.0404. The zero-order valence-electron chi connectivity index (χ0n) is 10.3. The number of aliphatic hydroxyl groups excluding tert-OH is 2. The van der Waals surface area contributed by atoms with Crippen LogP contribution in [0.3, 0.4) is 0 Å². The van der Waals surface area contributed by atoms with Crippen molar-refractivity contribution in [1.82, 2.24) is 0 Å². The van der Waals surface area contributed by atoms with E-state index in [2.05, 4.69) is 0 Å². The van der Waals surface area contributed by atoms with Gasteiger partial charge < -0.3 is 19.7 Å². The molecule has 0 aromatic heterocycles. The Morgan fingerprint density at radius 3 is 1.62 bits per heavy atom. The fraction of sp³-hybridized carbons (Fsp3) is 1.00. The topological polar surface area (TPSA) is 58.9 Å². The van der Waals surface area contributed by atoms with Crippen molar-refractivity contribution < 1.29 is 19.7 Å². The minimum atomic E-state index is -0.140. The number of rotatable bonds is 6. The fourth-order valence-corrected chi connectivity index (χ4v) is 2.06. The van der Waals surface area contributed by atoms with E-state index in [4.69, 9.17) is 19.7 Å². The zero-order valence-corrected chi connectivity index (χ0v) is 10.3. The Hall–Kier alpha value is -0.160. The SMILES string of the molecule is CC(CO)OC1CCCCC1OC(C)CO. The van der Waals surface area contributed by atoms with E-state index in [0.717, 1.165) is 25.7 Å². The first kappa shape index (κ1) is 13.9. The molecule has 4 atom stereocenters. The van der Waals surface area contributed by atoms with Gasteiger partial charge in [0.1, 0.15) is 0 Å². The summed E-state index contributed by atoms with van der Waals surface area (Å²) in [6.45, 7) is 3.81. The molecular formula is C12H24O4. The monoisotopic (exact) mass is 232 g/mol. The molecule has 0 heterocycles. The predicted octanol–water partition coefficient (Wildman–Crippen LogP) is 1.09. The minimum Gasteiger partial charge on any atom is -0.394 e. The number of hydrogen-bond acceptors (Lipinski definition) is 4. The van der Waals surface area contributed by atoms with E-state index in [1.54, 1.807) is 0 Å². The Morgan fingerprint density at radius 2 is 1.31 bits per heavy atom. The smallest absolute Gasteiger partial charge is 0.0841 e. The highest BCUT2D eigenvalue weighted by atomic mass is 16.6. The van der Waals surface area contributed by atoms with Crippen molar-refractivity contribution in [3.05, 3.63) is 0 Å². The third-order valence-electron chi connectivity index (χ3n) is 2.97. The molecule has 0 spiro atoms. The van der Waals surface area contributed by atoms with Crippen molar-refractivity contribution in [2.75, 3.05) is 13.2 Å². The van der Waals surface area contributed by atoms with E-state index in [0.29, 0.717) is 0 Å². The molecule has 4 unspecified atom stereocenters. The van der Waals surface area contributed by atoms with Crippen LogP contribution in [0.5, 0.6) is 0 Å². The molecule has 0 amide bonds. The third kappa shape index (κ3) is 4.37. The molecule has 1 aliphatic carbocycles. The summed E-state index contributed by atoms with van der Waals surface area (Å²) in [7, 11) is 0. The van der Waals surface area contributed by atoms with Crippen LogP contribution in [-0.4, -0.2) is 47.8 Å². The van der Waals surface area contributed by atoms with Gasteiger partial charge in [-0.2, -0.15) is 0 Å². The molecule has 0 aliphatic heterocycles. The highest BCUT2D eigenvalue weighted by molar-refractivity contribution is 4.78. The van der Waals surface area contributed by atoms with Crippen molar-refractivity contribution in [1.29, 1.82) is 0 Å². The Bertz CT molecular complexity index is 166. The summed E-state index contributed by atoms with van der Waals surface area (Å²) in [4.78, 5) is 0. The molecule has 0 saturated heterocycles. The first-order valence-electron chi connectivity index (χ1n) is 6.20. The lowest BCUT2D eigenvalue weighted by Gasteiger charge is -2.34. The molecule has 4 heteroatoms. The van der Waals surface area contributed by atoms with Crippen LogP contribution in [0.1, 0.15) is 39.5 Å². The van der Waals surface area contributed by atoms with Crippen molar-refractivity contribution in [2.45, 2.75) is 63.9 Å². The third-order valence-corrected chi connectivity index (χ3v) is 2.97. The van der Waals surface area contributed by atoms with Gasteiger partial charge in [0.15, 0.2) is 0 Å². The highest BCUT2D eigenvalue weighted by Crippen LogP contribution is 2.25. The van der Waals surface area contributed by atoms with Crippen LogP contribution >= 0.6 is 0 Å². The molecule has 1 rings (SSSR count). The van der Waals surface area contributed by atoms with Crippen LogP contribution < -0.4 is 0 Å². The molecule has 0 aromatic carbocycles. The van der Waals surface area contributed by atoms with Crippen molar-refractivity contribution in [2.24, 2.45) is 0 Å². The van der Waals surface area contributed by atoms with Gasteiger partial charge in [-0.15, -0.1) is 0 Å². The zero-order chi connectivity index (χ0) is 12.0. The molecular weight excluding hydrogens is 208 g/mol. The molecule has 0 aromatic rings. The first-order valence-corrected chi connectivity index (χ1v) is 6.20. The van der Waals surface area contributed by atoms with E-state index in [1.807, 2.05) is 13.8 Å². The Balaban J connectivity index is 2.43. The van der Waals surface area contributed by atoms with Crippen LogP contribution in [0.2, 0.25) is 0 Å². The lowest BCUT2D eigenvalue weighted by molar-refractivity contribution is -0.144. The summed E-state index contributed by atoms with van der Waals surface area (Å²) in [5.74, 6) is 0. The van der Waals surface area contributed by atoms with Crippen molar-refractivity contribution in [3.8, 4) is 0 Å². The first-order chi connectivity index (χ1) is 7.67. The summed E-state index contributed by atoms with van der Waals surface area (Å²) in [6, 6.07) is 0. The highest BCUT2D eigenvalue weighted by Gasteiger charge is 2.29. The number of ether oxygens (including phenoxy) is 2. The van der Waals surface area contributed by atoms with Crippen LogP contribution in [0, 0.1) is 0 Å². The number of hydrogen-bond donors (Lipinski definition) is 2. The van der Waals surface area contributed by atoms with Gasteiger partial charge in [0, 0.05) is 0 Å². The average molecular weight is 232 g/mol. The second-order valence-corrected chi connectivity index (χ2v) is 4.62. The van der Waals surface area contributed by atoms with Crippen LogP contribution in [0.25, 0.3) is 0 Å². The van der Waals surface area contributed by atoms with E-state index in [9.17, 15) is 0 Å². The molecule has 16 heavy (non-hydrogen) atoms. The fourth-order valence-electron chi connectivity index (χ4n) is 2.06. The largest absolute Gasteiger partial charge is 0.394 e. The maximum atomic E-state index is 8.97. The Kier molecular flexibility index (Phi) is 6.28. The summed E-state index contributed by atoms with van der Waals surface area (Å²) in [5.41, 5.74) is 0. The molecule has 96 valence electrons. The molecule has 1 saturated carbocycles. The summed E-state index contributed by atoms with van der Waals surface area (Å²) in [5, 5.41) is 17.9. The molecule has 2 N–H and O–H groups in total. The van der Waals surface area contributed by atoms with Crippen LogP contribution in [0.4, 0.5) is 0 Å². The lowest BCUT2D eigenvalue weighted by atomic mass is 9.94. The molecule has 1 aliphatic rings. The molecule has 1 fully saturated rings. The van der Waals surface area contributed by atoms with Gasteiger partial charge >= 0.3 is 0 Å². The standard InChI is InChI=1S/C12H24O4/c1-9(7-13)15-11-5-3-4-6-12(11)16-10(2)8-14/h9-14H,3-8H2,1-2H3. The van der Waals surface area contributed by atoms with Crippen LogP contribution in [-0.2, 0) is 9.47 Å². The maximum absolute atomic E-state index is 8.97. The van der Waals surface area contributed by atoms with Gasteiger partial charge in [0.2, 0.25) is 0 Å². The summed E-state index contributed by atoms with van der Waals surface area (Å²) < 4.78 is 11.5. The van der Waals surface area contributed by atoms with Gasteiger partial charge in [-0.25, -0.2) is 0 Å². The van der Waals surface area contributed by atoms with Crippen molar-refractivity contribution in [3.63, 3.8) is 0 Å². The van der Waals surface area contributed by atoms with Gasteiger partial charge in [-0.05, 0) is 26.7 Å². The van der Waals surface area contributed by atoms with E-state index >= 15 is 0 Å². The van der Waals surface area contributed by atoms with E-state index in [1.165, 1.54) is 0 Å². The van der Waals surface area contributed by atoms with E-state index in [-0.39, 0.29) is 37.6 Å². The summed E-state index contributed by atoms with van der Waals surface area (Å²) >= 11 is 0.